The number of aromatic amines is 1. The molecule has 4 rings (SSSR count). The van der Waals surface area contributed by atoms with Gasteiger partial charge in [0.2, 0.25) is 0 Å². The zero-order valence-corrected chi connectivity index (χ0v) is 15.9. The van der Waals surface area contributed by atoms with Gasteiger partial charge in [0.1, 0.15) is 16.5 Å². The van der Waals surface area contributed by atoms with Gasteiger partial charge in [-0.25, -0.2) is 9.97 Å². The second kappa shape index (κ2) is 7.00. The average molecular weight is 379 g/mol. The van der Waals surface area contributed by atoms with Crippen LogP contribution >= 0.6 is 11.3 Å². The molecule has 3 heterocycles. The minimum absolute atomic E-state index is 0.293. The maximum absolute atomic E-state index is 11.8. The van der Waals surface area contributed by atoms with Crippen LogP contribution in [0.15, 0.2) is 36.5 Å². The van der Waals surface area contributed by atoms with E-state index in [0.29, 0.717) is 18.1 Å². The number of aryl methyl sites for hydroxylation is 2. The Morgan fingerprint density at radius 1 is 1.30 bits per heavy atom. The van der Waals surface area contributed by atoms with E-state index < -0.39 is 12.0 Å². The van der Waals surface area contributed by atoms with Crippen molar-refractivity contribution in [3.8, 4) is 0 Å². The third kappa shape index (κ3) is 3.38. The first kappa shape index (κ1) is 17.5. The number of carboxylic acid groups (broad SMARTS) is 1. The zero-order chi connectivity index (χ0) is 19.0. The molecule has 2 N–H and O–H groups in total. The highest BCUT2D eigenvalue weighted by molar-refractivity contribution is 7.18. The number of thiophene rings is 1. The molecule has 0 aliphatic heterocycles. The lowest BCUT2D eigenvalue weighted by Crippen LogP contribution is -2.42. The van der Waals surface area contributed by atoms with Gasteiger partial charge in [0.05, 0.1) is 17.4 Å². The third-order valence-electron chi connectivity index (χ3n) is 4.60. The molecule has 0 amide bonds. The van der Waals surface area contributed by atoms with Gasteiger partial charge in [-0.05, 0) is 31.0 Å². The Hall–Kier alpha value is -2.93. The highest BCUT2D eigenvalue weighted by Crippen LogP contribution is 2.30. The van der Waals surface area contributed by atoms with Crippen LogP contribution in [0.3, 0.4) is 0 Å². The zero-order valence-electron chi connectivity index (χ0n) is 15.1. The predicted octanol–water partition coefficient (Wildman–Crippen LogP) is 2.82. The second-order valence-corrected chi connectivity index (χ2v) is 7.60. The maximum atomic E-state index is 11.8. The van der Waals surface area contributed by atoms with E-state index in [1.54, 1.807) is 11.3 Å². The number of fused-ring (bicyclic) bond motifs is 2. The van der Waals surface area contributed by atoms with E-state index in [1.165, 1.54) is 4.88 Å². The summed E-state index contributed by atoms with van der Waals surface area (Å²) in [6, 6.07) is 8.96. The predicted molar refractivity (Wildman–Crippen MR) is 106 cm³/mol. The van der Waals surface area contributed by atoms with Crippen molar-refractivity contribution in [1.29, 1.82) is 0 Å². The topological polar surface area (TPSA) is 93.7 Å². The van der Waals surface area contributed by atoms with Crippen LogP contribution in [0.4, 0.5) is 5.82 Å². The summed E-state index contributed by atoms with van der Waals surface area (Å²) in [6.07, 6.45) is 3.04. The van der Waals surface area contributed by atoms with Crippen molar-refractivity contribution in [3.63, 3.8) is 0 Å². The molecule has 0 spiro atoms. The molecule has 6 nitrogen and oxygen atoms in total. The molecule has 138 valence electrons. The Kier molecular flexibility index (Phi) is 4.53. The summed E-state index contributed by atoms with van der Waals surface area (Å²) in [7, 11) is 0. The number of carbonyl (C=O) groups excluding carboxylic acids is 1. The Morgan fingerprint density at radius 3 is 2.89 bits per heavy atom. The normalized spacial score (nSPS) is 12.5. The molecule has 4 aromatic rings. The minimum Gasteiger partial charge on any atom is -0.548 e. The number of hydrogen-bond acceptors (Lipinski definition) is 6. The van der Waals surface area contributed by atoms with Gasteiger partial charge in [0, 0.05) is 28.4 Å². The maximum Gasteiger partial charge on any atom is 0.139 e. The number of anilines is 1. The first-order valence-electron chi connectivity index (χ1n) is 8.84. The van der Waals surface area contributed by atoms with E-state index in [9.17, 15) is 9.90 Å². The molecule has 1 aromatic carbocycles. The smallest absolute Gasteiger partial charge is 0.139 e. The molecule has 0 bridgehead atoms. The van der Waals surface area contributed by atoms with Gasteiger partial charge < -0.3 is 20.2 Å². The standard InChI is InChI=1S/C20H20N4O2S/c1-3-13-9-15-18(22-11(2)23-19(15)27-13)24-17(20(25)26)8-12-10-21-16-7-5-4-6-14(12)16/h4-7,9-10,17,21H,3,8H2,1-2H3,(H,25,26)(H,22,23,24)/p-1. The van der Waals surface area contributed by atoms with Gasteiger partial charge >= 0.3 is 0 Å². The van der Waals surface area contributed by atoms with Gasteiger partial charge in [-0.15, -0.1) is 11.3 Å². The fourth-order valence-corrected chi connectivity index (χ4v) is 4.25. The highest BCUT2D eigenvalue weighted by atomic mass is 32.1. The van der Waals surface area contributed by atoms with Crippen LogP contribution in [-0.2, 0) is 17.6 Å². The first-order valence-corrected chi connectivity index (χ1v) is 9.66. The molecule has 0 radical (unpaired) electrons. The summed E-state index contributed by atoms with van der Waals surface area (Å²) in [5.74, 6) is -0.00294. The van der Waals surface area contributed by atoms with Crippen LogP contribution in [0, 0.1) is 6.92 Å². The summed E-state index contributed by atoms with van der Waals surface area (Å²) in [6.45, 7) is 3.89. The van der Waals surface area contributed by atoms with Gasteiger partial charge in [-0.3, -0.25) is 0 Å². The molecule has 0 fully saturated rings. The molecule has 0 saturated carbocycles. The Balaban J connectivity index is 1.69. The lowest BCUT2D eigenvalue weighted by Gasteiger charge is -2.20. The van der Waals surface area contributed by atoms with Crippen molar-refractivity contribution < 1.29 is 9.90 Å². The number of carbonyl (C=O) groups is 1. The van der Waals surface area contributed by atoms with Crippen molar-refractivity contribution in [1.82, 2.24) is 15.0 Å². The minimum atomic E-state index is -1.16. The Bertz CT molecular complexity index is 1130. The molecule has 0 saturated heterocycles. The molecular formula is C20H19N4O2S-. The number of hydrogen-bond donors (Lipinski definition) is 2. The van der Waals surface area contributed by atoms with Crippen LogP contribution in [0.1, 0.15) is 23.2 Å². The van der Waals surface area contributed by atoms with E-state index >= 15 is 0 Å². The fourth-order valence-electron chi connectivity index (χ4n) is 3.24. The summed E-state index contributed by atoms with van der Waals surface area (Å²) in [4.78, 5) is 26.0. The SMILES string of the molecule is CCc1cc2c(NC(Cc3c[nH]c4ccccc34)C(=O)[O-])nc(C)nc2s1. The average Bonchev–Trinajstić information content (AvgIpc) is 3.25. The van der Waals surface area contributed by atoms with E-state index in [-0.39, 0.29) is 0 Å². The number of H-pyrrole nitrogens is 1. The summed E-state index contributed by atoms with van der Waals surface area (Å²) >= 11 is 1.61. The van der Waals surface area contributed by atoms with Gasteiger partial charge in [0.15, 0.2) is 0 Å². The second-order valence-electron chi connectivity index (χ2n) is 6.48. The van der Waals surface area contributed by atoms with Crippen LogP contribution in [0.5, 0.6) is 0 Å². The number of para-hydroxylation sites is 1. The van der Waals surface area contributed by atoms with E-state index in [0.717, 1.165) is 33.1 Å². The monoisotopic (exact) mass is 379 g/mol. The molecular weight excluding hydrogens is 360 g/mol. The highest BCUT2D eigenvalue weighted by Gasteiger charge is 2.17. The molecule has 27 heavy (non-hydrogen) atoms. The van der Waals surface area contributed by atoms with Crippen LogP contribution < -0.4 is 10.4 Å². The number of carboxylic acids is 1. The number of benzene rings is 1. The number of aliphatic carboxylic acids is 1. The first-order chi connectivity index (χ1) is 13.0. The number of aromatic nitrogens is 3. The Labute approximate surface area is 160 Å². The quantitative estimate of drug-likeness (QED) is 0.537. The van der Waals surface area contributed by atoms with E-state index in [4.69, 9.17) is 0 Å². The fraction of sp³-hybridized carbons (Fsp3) is 0.250. The van der Waals surface area contributed by atoms with Crippen molar-refractivity contribution in [2.45, 2.75) is 32.7 Å². The lowest BCUT2D eigenvalue weighted by molar-refractivity contribution is -0.306. The van der Waals surface area contributed by atoms with Crippen molar-refractivity contribution >= 4 is 44.2 Å². The molecule has 0 aliphatic carbocycles. The van der Waals surface area contributed by atoms with Gasteiger partial charge in [-0.1, -0.05) is 25.1 Å². The molecule has 7 heteroatoms. The Morgan fingerprint density at radius 2 is 2.11 bits per heavy atom. The van der Waals surface area contributed by atoms with E-state index in [1.807, 2.05) is 43.5 Å². The van der Waals surface area contributed by atoms with Crippen molar-refractivity contribution in [3.05, 3.63) is 52.8 Å². The number of nitrogens with one attached hydrogen (secondary N) is 2. The summed E-state index contributed by atoms with van der Waals surface area (Å²) in [5.41, 5.74) is 1.91. The van der Waals surface area contributed by atoms with Crippen LogP contribution in [0.25, 0.3) is 21.1 Å². The van der Waals surface area contributed by atoms with Crippen molar-refractivity contribution in [2.75, 3.05) is 5.32 Å². The number of nitrogens with zero attached hydrogens (tertiary/aromatic N) is 2. The third-order valence-corrected chi connectivity index (χ3v) is 5.77. The van der Waals surface area contributed by atoms with Gasteiger partial charge in [-0.2, -0.15) is 0 Å². The summed E-state index contributed by atoms with van der Waals surface area (Å²) in [5, 5.41) is 16.8. The van der Waals surface area contributed by atoms with E-state index in [2.05, 4.69) is 27.2 Å². The van der Waals surface area contributed by atoms with Crippen molar-refractivity contribution in [2.24, 2.45) is 0 Å². The number of rotatable bonds is 6. The lowest BCUT2D eigenvalue weighted by atomic mass is 10.0. The molecule has 1 unspecified atom stereocenters. The van der Waals surface area contributed by atoms with Crippen LogP contribution in [-0.4, -0.2) is 27.0 Å². The molecule has 0 aliphatic rings. The largest absolute Gasteiger partial charge is 0.548 e. The van der Waals surface area contributed by atoms with Gasteiger partial charge in [0.25, 0.3) is 0 Å². The van der Waals surface area contributed by atoms with Crippen LogP contribution in [0.2, 0.25) is 0 Å². The molecule has 1 atom stereocenters. The summed E-state index contributed by atoms with van der Waals surface area (Å²) < 4.78 is 0. The molecule has 3 aromatic heterocycles.